The molecule has 0 aromatic heterocycles. The molecule has 0 unspecified atom stereocenters. The van der Waals surface area contributed by atoms with E-state index in [1.165, 1.54) is 0 Å². The fourth-order valence-corrected chi connectivity index (χ4v) is 0. The molecule has 26 valence electrons. The smallest absolute Gasteiger partial charge is 0 e. The van der Waals surface area contributed by atoms with Gasteiger partial charge < -0.3 is 0 Å². The van der Waals surface area contributed by atoms with Crippen molar-refractivity contribution in [1.29, 1.82) is 0 Å². The molecule has 0 aliphatic carbocycles. The zero-order valence-corrected chi connectivity index (χ0v) is 17.6. The molecule has 0 saturated heterocycles. The fourth-order valence-electron chi connectivity index (χ4n) is 0. The van der Waals surface area contributed by atoms with Gasteiger partial charge in [0.1, 0.15) is 0 Å². The minimum Gasteiger partial charge on any atom is 0 e. The van der Waals surface area contributed by atoms with Crippen LogP contribution in [0.1, 0.15) is 0 Å². The van der Waals surface area contributed by atoms with E-state index in [0.717, 1.165) is 0 Å². The van der Waals surface area contributed by atoms with Crippen molar-refractivity contribution in [1.82, 2.24) is 0 Å². The van der Waals surface area contributed by atoms with Gasteiger partial charge in [-0.15, -0.1) is 0 Å². The Hall–Kier alpha value is 3.49. The molecule has 5 heavy (non-hydrogen) atoms. The van der Waals surface area contributed by atoms with E-state index >= 15 is 0 Å². The third-order valence-corrected chi connectivity index (χ3v) is 0. The SMILES string of the molecule is [Cd].[Cr].[Ni].[PbH2].[Zn]. The third-order valence-electron chi connectivity index (χ3n) is 0. The van der Waals surface area contributed by atoms with Crippen LogP contribution in [-0.4, -0.2) is 27.3 Å². The van der Waals surface area contributed by atoms with Crippen molar-refractivity contribution < 1.29 is 80.6 Å². The molecule has 0 aliphatic heterocycles. The Bertz CT molecular complexity index is 11.6. The van der Waals surface area contributed by atoms with Gasteiger partial charge in [-0.3, -0.25) is 0 Å². The van der Waals surface area contributed by atoms with E-state index in [1.54, 1.807) is 0 Å². The van der Waals surface area contributed by atoms with Gasteiger partial charge in [-0.2, -0.15) is 0 Å². The summed E-state index contributed by atoms with van der Waals surface area (Å²) in [5.41, 5.74) is 0. The van der Waals surface area contributed by atoms with Crippen LogP contribution in [0.25, 0.3) is 0 Å². The second-order valence-corrected chi connectivity index (χ2v) is 0. The van der Waals surface area contributed by atoms with E-state index in [4.69, 9.17) is 0 Å². The number of rotatable bonds is 0. The average molecular weight is 498 g/mol. The van der Waals surface area contributed by atoms with Crippen molar-refractivity contribution >= 4 is 27.3 Å². The first-order valence-electron chi connectivity index (χ1n) is 0. The molecule has 0 bridgehead atoms. The molecule has 0 atom stereocenters. The molecule has 0 nitrogen and oxygen atoms in total. The van der Waals surface area contributed by atoms with E-state index < -0.39 is 0 Å². The summed E-state index contributed by atoms with van der Waals surface area (Å²) in [6, 6.07) is 0. The van der Waals surface area contributed by atoms with Crippen molar-refractivity contribution in [3.63, 3.8) is 0 Å². The zero-order valence-electron chi connectivity index (χ0n) is 2.85. The summed E-state index contributed by atoms with van der Waals surface area (Å²) in [6.45, 7) is 0. The second kappa shape index (κ2) is 25.9. The third kappa shape index (κ3) is 18.5. The minimum absolute atomic E-state index is 0. The summed E-state index contributed by atoms with van der Waals surface area (Å²) >= 11 is 0. The number of hydrogen-bond donors (Lipinski definition) is 0. The molecule has 0 aromatic carbocycles. The molecule has 0 N–H and O–H groups in total. The predicted molar refractivity (Wildman–Crippen MR) is 8.54 cm³/mol. The van der Waals surface area contributed by atoms with Crippen molar-refractivity contribution in [2.24, 2.45) is 0 Å². The van der Waals surface area contributed by atoms with E-state index in [2.05, 4.69) is 0 Å². The van der Waals surface area contributed by atoms with E-state index in [0.29, 0.717) is 0 Å². The molecule has 0 rings (SSSR count). The molecule has 0 amide bonds. The van der Waals surface area contributed by atoms with Crippen LogP contribution in [0.4, 0.5) is 0 Å². The van der Waals surface area contributed by atoms with Gasteiger partial charge in [-0.05, 0) is 0 Å². The molecule has 0 aromatic rings. The maximum Gasteiger partial charge on any atom is 0 e. The maximum absolute atomic E-state index is 0. The van der Waals surface area contributed by atoms with E-state index in [1.807, 2.05) is 0 Å². The van der Waals surface area contributed by atoms with Crippen molar-refractivity contribution in [3.05, 3.63) is 0 Å². The first-order valence-corrected chi connectivity index (χ1v) is 0. The van der Waals surface area contributed by atoms with Gasteiger partial charge >= 0.3 is 27.3 Å². The summed E-state index contributed by atoms with van der Waals surface area (Å²) < 4.78 is 0. The number of hydrogen-bond acceptors (Lipinski definition) is 0. The van der Waals surface area contributed by atoms with E-state index in [9.17, 15) is 0 Å². The largest absolute Gasteiger partial charge is 0 e. The quantitative estimate of drug-likeness (QED) is 0.380. The predicted octanol–water partition coefficient (Wildman–Crippen LogP) is -0.926. The minimum atomic E-state index is 0. The summed E-state index contributed by atoms with van der Waals surface area (Å²) in [4.78, 5) is 0. The van der Waals surface area contributed by atoms with Crippen LogP contribution in [0, 0.1) is 0 Å². The van der Waals surface area contributed by atoms with Crippen LogP contribution in [0.15, 0.2) is 0 Å². The Balaban J connectivity index is 0. The van der Waals surface area contributed by atoms with Crippen LogP contribution >= 0.6 is 0 Å². The molecule has 0 spiro atoms. The van der Waals surface area contributed by atoms with Gasteiger partial charge in [0.05, 0.1) is 0 Å². The van der Waals surface area contributed by atoms with Gasteiger partial charge in [0.15, 0.2) is 0 Å². The van der Waals surface area contributed by atoms with Crippen LogP contribution in [0.3, 0.4) is 0 Å². The zero-order chi connectivity index (χ0) is 0. The first-order chi connectivity index (χ1) is 0. The Morgan fingerprint density at radius 3 is 1.00 bits per heavy atom. The van der Waals surface area contributed by atoms with Crippen molar-refractivity contribution in [3.8, 4) is 0 Å². The van der Waals surface area contributed by atoms with Crippen molar-refractivity contribution in [2.45, 2.75) is 0 Å². The Morgan fingerprint density at radius 2 is 1.00 bits per heavy atom. The van der Waals surface area contributed by atoms with Gasteiger partial charge in [0.25, 0.3) is 0 Å². The molecular weight excluding hydrogens is 496 g/mol. The summed E-state index contributed by atoms with van der Waals surface area (Å²) in [5, 5.41) is 0. The summed E-state index contributed by atoms with van der Waals surface area (Å²) in [7, 11) is 0. The Labute approximate surface area is 106 Å². The van der Waals surface area contributed by atoms with Crippen LogP contribution in [0.5, 0.6) is 0 Å². The average Bonchev–Trinajstić information content (AvgIpc) is 0. The van der Waals surface area contributed by atoms with Crippen LogP contribution in [-0.2, 0) is 80.6 Å². The molecule has 0 aliphatic rings. The standard InChI is InChI=1S/Cd.Cr.Ni.Pb.Zn.2H. The molecule has 0 saturated carbocycles. The molecule has 0 fully saturated rings. The van der Waals surface area contributed by atoms with Crippen LogP contribution in [0.2, 0.25) is 0 Å². The Kier molecular flexibility index (Phi) is 202. The topological polar surface area (TPSA) is 0 Å². The molecular formula is H2CdCrNiPbZn. The summed E-state index contributed by atoms with van der Waals surface area (Å²) in [6.07, 6.45) is 0. The Morgan fingerprint density at radius 1 is 1.00 bits per heavy atom. The molecule has 2 radical (unpaired) electrons. The van der Waals surface area contributed by atoms with Crippen LogP contribution < -0.4 is 0 Å². The monoisotopic (exact) mass is 498 g/mol. The second-order valence-electron chi connectivity index (χ2n) is 0. The fraction of sp³-hybridized carbons (Fsp3) is 0. The summed E-state index contributed by atoms with van der Waals surface area (Å²) in [5.74, 6) is 0. The van der Waals surface area contributed by atoms with Gasteiger partial charge in [0, 0.05) is 80.6 Å². The first kappa shape index (κ1) is 39.1. The van der Waals surface area contributed by atoms with Gasteiger partial charge in [-0.1, -0.05) is 0 Å². The maximum atomic E-state index is 0. The van der Waals surface area contributed by atoms with E-state index in [-0.39, 0.29) is 108 Å². The molecule has 0 heterocycles. The van der Waals surface area contributed by atoms with Gasteiger partial charge in [0.2, 0.25) is 0 Å². The van der Waals surface area contributed by atoms with Crippen molar-refractivity contribution in [2.75, 3.05) is 0 Å². The molecule has 5 heteroatoms. The van der Waals surface area contributed by atoms with Gasteiger partial charge in [-0.25, -0.2) is 0 Å². The normalized spacial score (nSPS) is 0.